The van der Waals surface area contributed by atoms with E-state index in [2.05, 4.69) is 6.07 Å². The van der Waals surface area contributed by atoms with Gasteiger partial charge >= 0.3 is 18.0 Å². The Balaban J connectivity index is 3.53. The lowest BCUT2D eigenvalue weighted by molar-refractivity contribution is -0.348. The van der Waals surface area contributed by atoms with Crippen LogP contribution < -0.4 is 0 Å². The van der Waals surface area contributed by atoms with Gasteiger partial charge in [-0.05, 0) is 12.1 Å². The Labute approximate surface area is 96.0 Å². The van der Waals surface area contributed by atoms with Crippen molar-refractivity contribution in [1.29, 1.82) is 0 Å². The quantitative estimate of drug-likeness (QED) is 0.667. The summed E-state index contributed by atoms with van der Waals surface area (Å²) in [5.74, 6) is 0. The summed E-state index contributed by atoms with van der Waals surface area (Å²) in [6.07, 6.45) is -12.3. The summed E-state index contributed by atoms with van der Waals surface area (Å²) >= 11 is 5.15. The normalized spacial score (nSPS) is 13.9. The second kappa shape index (κ2) is 4.04. The molecule has 0 aliphatic heterocycles. The minimum Gasteiger partial charge on any atom is -0.218 e. The van der Waals surface area contributed by atoms with E-state index >= 15 is 0 Å². The fourth-order valence-corrected chi connectivity index (χ4v) is 1.41. The summed E-state index contributed by atoms with van der Waals surface area (Å²) in [5, 5.41) is -0.996. The van der Waals surface area contributed by atoms with E-state index in [1.807, 2.05) is 0 Å². The first-order chi connectivity index (χ1) is 7.52. The molecule has 0 fully saturated rings. The lowest BCUT2D eigenvalue weighted by atomic mass is 9.94. The topological polar surface area (TPSA) is 0 Å². The van der Waals surface area contributed by atoms with Crippen LogP contribution in [-0.2, 0) is 5.67 Å². The zero-order chi connectivity index (χ0) is 13.5. The van der Waals surface area contributed by atoms with Crippen molar-refractivity contribution >= 4 is 11.6 Å². The molecule has 0 unspecified atom stereocenters. The molecule has 1 aromatic carbocycles. The molecule has 0 saturated heterocycles. The molecule has 17 heavy (non-hydrogen) atoms. The van der Waals surface area contributed by atoms with Crippen LogP contribution >= 0.6 is 11.6 Å². The molecule has 0 aliphatic carbocycles. The lowest BCUT2D eigenvalue weighted by Crippen LogP contribution is -2.50. The van der Waals surface area contributed by atoms with Crippen molar-refractivity contribution in [1.82, 2.24) is 0 Å². The van der Waals surface area contributed by atoms with Crippen LogP contribution in [0.25, 0.3) is 0 Å². The third-order valence-electron chi connectivity index (χ3n) is 1.97. The van der Waals surface area contributed by atoms with Crippen LogP contribution in [0.5, 0.6) is 0 Å². The molecule has 0 nitrogen and oxygen atoms in total. The molecule has 95 valence electrons. The average molecular weight is 280 g/mol. The van der Waals surface area contributed by atoms with Gasteiger partial charge in [0.1, 0.15) is 0 Å². The zero-order valence-electron chi connectivity index (χ0n) is 7.76. The maximum Gasteiger partial charge on any atom is 0.436 e. The minimum atomic E-state index is -6.16. The molecule has 1 radical (unpaired) electrons. The van der Waals surface area contributed by atoms with Crippen molar-refractivity contribution in [2.75, 3.05) is 0 Å². The van der Waals surface area contributed by atoms with Crippen LogP contribution in [0.1, 0.15) is 5.56 Å². The van der Waals surface area contributed by atoms with E-state index in [0.717, 1.165) is 0 Å². The number of hydrogen-bond donors (Lipinski definition) is 0. The summed E-state index contributed by atoms with van der Waals surface area (Å²) in [6.45, 7) is 0. The SMILES string of the molecule is FC(F)(F)C(F)(c1cc[c]cc1Cl)C(F)(F)F. The van der Waals surface area contributed by atoms with E-state index in [4.69, 9.17) is 11.6 Å². The smallest absolute Gasteiger partial charge is 0.218 e. The Hall–Kier alpha value is -0.980. The van der Waals surface area contributed by atoms with Crippen LogP contribution in [0.4, 0.5) is 30.7 Å². The summed E-state index contributed by atoms with van der Waals surface area (Å²) in [7, 11) is 0. The Morgan fingerprint density at radius 3 is 1.76 bits per heavy atom. The van der Waals surface area contributed by atoms with Crippen molar-refractivity contribution in [2.24, 2.45) is 0 Å². The molecular formula is C9H3ClF7. The highest BCUT2D eigenvalue weighted by Crippen LogP contribution is 2.54. The molecule has 1 rings (SSSR count). The average Bonchev–Trinajstić information content (AvgIpc) is 2.13. The van der Waals surface area contributed by atoms with Gasteiger partial charge < -0.3 is 0 Å². The predicted octanol–water partition coefficient (Wildman–Crippen LogP) is 4.43. The molecule has 0 aromatic heterocycles. The van der Waals surface area contributed by atoms with Crippen molar-refractivity contribution in [3.8, 4) is 0 Å². The molecule has 0 saturated carbocycles. The van der Waals surface area contributed by atoms with Crippen LogP contribution in [0.3, 0.4) is 0 Å². The van der Waals surface area contributed by atoms with Gasteiger partial charge in [-0.1, -0.05) is 23.7 Å². The molecule has 0 amide bonds. The van der Waals surface area contributed by atoms with Crippen molar-refractivity contribution < 1.29 is 30.7 Å². The first-order valence-electron chi connectivity index (χ1n) is 4.00. The van der Waals surface area contributed by atoms with Crippen LogP contribution in [0.2, 0.25) is 5.02 Å². The predicted molar refractivity (Wildman–Crippen MR) is 45.2 cm³/mol. The maximum absolute atomic E-state index is 13.5. The fourth-order valence-electron chi connectivity index (χ4n) is 1.16. The first-order valence-corrected chi connectivity index (χ1v) is 4.38. The van der Waals surface area contributed by atoms with Gasteiger partial charge in [0, 0.05) is 10.6 Å². The monoisotopic (exact) mass is 279 g/mol. The second-order valence-electron chi connectivity index (χ2n) is 3.06. The molecule has 1 aromatic rings. The lowest BCUT2D eigenvalue weighted by Gasteiger charge is -2.30. The van der Waals surface area contributed by atoms with Crippen LogP contribution in [-0.4, -0.2) is 12.4 Å². The van der Waals surface area contributed by atoms with Gasteiger partial charge in [-0.3, -0.25) is 0 Å². The molecule has 0 atom stereocenters. The third kappa shape index (κ3) is 2.20. The number of halogens is 8. The number of hydrogen-bond acceptors (Lipinski definition) is 0. The van der Waals surface area contributed by atoms with Gasteiger partial charge in [0.05, 0.1) is 0 Å². The minimum absolute atomic E-state index is 0.295. The highest BCUT2D eigenvalue weighted by molar-refractivity contribution is 6.31. The van der Waals surface area contributed by atoms with Crippen molar-refractivity contribution in [2.45, 2.75) is 18.0 Å². The number of rotatable bonds is 1. The van der Waals surface area contributed by atoms with Crippen molar-refractivity contribution in [3.63, 3.8) is 0 Å². The summed E-state index contributed by atoms with van der Waals surface area (Å²) in [6, 6.07) is 3.78. The highest BCUT2D eigenvalue weighted by atomic mass is 35.5. The molecular weight excluding hydrogens is 277 g/mol. The highest BCUT2D eigenvalue weighted by Gasteiger charge is 2.74. The van der Waals surface area contributed by atoms with E-state index in [1.165, 1.54) is 0 Å². The van der Waals surface area contributed by atoms with E-state index in [0.29, 0.717) is 18.2 Å². The first kappa shape index (κ1) is 14.1. The Morgan fingerprint density at radius 2 is 1.41 bits per heavy atom. The Morgan fingerprint density at radius 1 is 0.941 bits per heavy atom. The standard InChI is InChI=1S/C9H3ClF7/c10-6-4-2-1-3-5(6)7(11,8(12,13)14)9(15,16)17/h1,3-4H. The van der Waals surface area contributed by atoms with E-state index in [-0.39, 0.29) is 0 Å². The summed E-state index contributed by atoms with van der Waals surface area (Å²) in [4.78, 5) is 0. The number of benzene rings is 1. The molecule has 0 spiro atoms. The van der Waals surface area contributed by atoms with Gasteiger partial charge in [0.25, 0.3) is 0 Å². The van der Waals surface area contributed by atoms with Gasteiger partial charge in [-0.25, -0.2) is 4.39 Å². The largest absolute Gasteiger partial charge is 0.436 e. The van der Waals surface area contributed by atoms with Crippen LogP contribution in [0.15, 0.2) is 18.2 Å². The Bertz CT molecular complexity index is 393. The van der Waals surface area contributed by atoms with E-state index in [9.17, 15) is 30.7 Å². The van der Waals surface area contributed by atoms with Gasteiger partial charge in [-0.2, -0.15) is 26.3 Å². The molecule has 0 bridgehead atoms. The molecule has 8 heteroatoms. The van der Waals surface area contributed by atoms with Gasteiger partial charge in [0.15, 0.2) is 0 Å². The van der Waals surface area contributed by atoms with Gasteiger partial charge in [0.2, 0.25) is 0 Å². The zero-order valence-corrected chi connectivity index (χ0v) is 8.51. The van der Waals surface area contributed by atoms with E-state index < -0.39 is 28.6 Å². The maximum atomic E-state index is 13.5. The van der Waals surface area contributed by atoms with Gasteiger partial charge in [-0.15, -0.1) is 0 Å². The summed E-state index contributed by atoms with van der Waals surface area (Å²) in [5.41, 5.74) is -7.19. The number of alkyl halides is 7. The van der Waals surface area contributed by atoms with Crippen molar-refractivity contribution in [3.05, 3.63) is 34.9 Å². The molecule has 0 N–H and O–H groups in total. The molecule has 0 heterocycles. The molecule has 0 aliphatic rings. The third-order valence-corrected chi connectivity index (χ3v) is 2.28. The van der Waals surface area contributed by atoms with Crippen LogP contribution in [0, 0.1) is 6.07 Å². The Kier molecular flexibility index (Phi) is 3.35. The summed E-state index contributed by atoms with van der Waals surface area (Å²) < 4.78 is 87.3. The fraction of sp³-hybridized carbons (Fsp3) is 0.333. The van der Waals surface area contributed by atoms with E-state index in [1.54, 1.807) is 0 Å². The second-order valence-corrected chi connectivity index (χ2v) is 3.47.